The highest BCUT2D eigenvalue weighted by Gasteiger charge is 2.35. The zero-order chi connectivity index (χ0) is 23.3. The number of nitrogens with one attached hydrogen (secondary N) is 2. The molecule has 0 saturated carbocycles. The summed E-state index contributed by atoms with van der Waals surface area (Å²) in [5, 5.41) is 5.76. The van der Waals surface area contributed by atoms with E-state index < -0.39 is 12.0 Å². The summed E-state index contributed by atoms with van der Waals surface area (Å²) in [6.07, 6.45) is 0.705. The predicted octanol–water partition coefficient (Wildman–Crippen LogP) is 4.18. The van der Waals surface area contributed by atoms with Crippen molar-refractivity contribution in [3.05, 3.63) is 77.0 Å². The molecule has 1 atom stereocenters. The minimum atomic E-state index is -0.675. The number of allylic oxidation sites excluding steroid dienone is 1. The number of nitrogens with zero attached hydrogens (tertiary/aromatic N) is 1. The molecule has 32 heavy (non-hydrogen) atoms. The number of anilines is 1. The average molecular weight is 436 g/mol. The number of esters is 1. The number of hydrogen-bond donors (Lipinski definition) is 2. The molecular formula is C25H29N3O4. The number of aryl methyl sites for hydroxylation is 1. The first kappa shape index (κ1) is 23.1. The van der Waals surface area contributed by atoms with Crippen molar-refractivity contribution in [2.24, 2.45) is 0 Å². The molecule has 2 aromatic carbocycles. The third kappa shape index (κ3) is 5.55. The van der Waals surface area contributed by atoms with Gasteiger partial charge in [0.2, 0.25) is 5.91 Å². The fraction of sp³-hybridized carbons (Fsp3) is 0.320. The Morgan fingerprint density at radius 2 is 1.84 bits per heavy atom. The van der Waals surface area contributed by atoms with Crippen molar-refractivity contribution in [3.8, 4) is 0 Å². The molecule has 0 aromatic heterocycles. The summed E-state index contributed by atoms with van der Waals surface area (Å²) in [7, 11) is 1.60. The maximum absolute atomic E-state index is 12.8. The summed E-state index contributed by atoms with van der Waals surface area (Å²) in [5.41, 5.74) is 3.28. The molecule has 3 rings (SSSR count). The van der Waals surface area contributed by atoms with E-state index in [1.807, 2.05) is 36.4 Å². The van der Waals surface area contributed by atoms with Crippen molar-refractivity contribution in [1.29, 1.82) is 0 Å². The van der Waals surface area contributed by atoms with E-state index >= 15 is 0 Å². The van der Waals surface area contributed by atoms with Gasteiger partial charge in [-0.2, -0.15) is 0 Å². The van der Waals surface area contributed by atoms with Gasteiger partial charge in [0.05, 0.1) is 17.7 Å². The highest BCUT2D eigenvalue weighted by Crippen LogP contribution is 2.32. The third-order valence-electron chi connectivity index (χ3n) is 5.30. The van der Waals surface area contributed by atoms with Crippen molar-refractivity contribution in [2.45, 2.75) is 45.8 Å². The van der Waals surface area contributed by atoms with Crippen LogP contribution in [0.2, 0.25) is 0 Å². The first-order valence-electron chi connectivity index (χ1n) is 10.7. The van der Waals surface area contributed by atoms with E-state index in [1.165, 1.54) is 4.90 Å². The van der Waals surface area contributed by atoms with Crippen LogP contribution in [-0.2, 0) is 20.7 Å². The van der Waals surface area contributed by atoms with Crippen LogP contribution in [0.5, 0.6) is 0 Å². The maximum Gasteiger partial charge on any atom is 0.338 e. The van der Waals surface area contributed by atoms with E-state index in [-0.39, 0.29) is 18.0 Å². The Morgan fingerprint density at radius 1 is 1.12 bits per heavy atom. The number of amides is 3. The Kier molecular flexibility index (Phi) is 7.30. The molecular weight excluding hydrogens is 406 g/mol. The number of urea groups is 1. The largest absolute Gasteiger partial charge is 0.459 e. The molecule has 1 heterocycles. The van der Waals surface area contributed by atoms with E-state index in [2.05, 4.69) is 10.6 Å². The third-order valence-corrected chi connectivity index (χ3v) is 5.30. The maximum atomic E-state index is 12.8. The Labute approximate surface area is 188 Å². The van der Waals surface area contributed by atoms with Gasteiger partial charge in [0.1, 0.15) is 0 Å². The fourth-order valence-corrected chi connectivity index (χ4v) is 3.55. The van der Waals surface area contributed by atoms with Gasteiger partial charge < -0.3 is 20.3 Å². The smallest absolute Gasteiger partial charge is 0.338 e. The molecule has 0 spiro atoms. The molecule has 3 amide bonds. The molecule has 0 aliphatic carbocycles. The predicted molar refractivity (Wildman–Crippen MR) is 123 cm³/mol. The van der Waals surface area contributed by atoms with Crippen molar-refractivity contribution in [1.82, 2.24) is 10.2 Å². The average Bonchev–Trinajstić information content (AvgIpc) is 2.76. The van der Waals surface area contributed by atoms with Gasteiger partial charge in [0.25, 0.3) is 0 Å². The lowest BCUT2D eigenvalue weighted by molar-refractivity contribution is -0.143. The van der Waals surface area contributed by atoms with Crippen molar-refractivity contribution in [2.75, 3.05) is 12.4 Å². The van der Waals surface area contributed by atoms with E-state index in [9.17, 15) is 14.4 Å². The zero-order valence-corrected chi connectivity index (χ0v) is 18.8. The van der Waals surface area contributed by atoms with Crippen LogP contribution in [-0.4, -0.2) is 36.0 Å². The molecule has 7 heteroatoms. The molecule has 1 aliphatic heterocycles. The summed E-state index contributed by atoms with van der Waals surface area (Å²) in [5.74, 6) is -0.587. The molecule has 0 saturated heterocycles. The van der Waals surface area contributed by atoms with E-state index in [1.54, 1.807) is 46.0 Å². The number of rotatable bonds is 7. The summed E-state index contributed by atoms with van der Waals surface area (Å²) >= 11 is 0. The molecule has 0 fully saturated rings. The van der Waals surface area contributed by atoms with Gasteiger partial charge in [-0.15, -0.1) is 0 Å². The van der Waals surface area contributed by atoms with Crippen molar-refractivity contribution >= 4 is 23.6 Å². The molecule has 0 bridgehead atoms. The van der Waals surface area contributed by atoms with Crippen LogP contribution in [0.15, 0.2) is 65.9 Å². The topological polar surface area (TPSA) is 87.7 Å². The second-order valence-electron chi connectivity index (χ2n) is 8.05. The van der Waals surface area contributed by atoms with Gasteiger partial charge in [-0.05, 0) is 50.5 Å². The fourth-order valence-electron chi connectivity index (χ4n) is 3.55. The van der Waals surface area contributed by atoms with Crippen LogP contribution in [0.25, 0.3) is 0 Å². The first-order valence-corrected chi connectivity index (χ1v) is 10.7. The van der Waals surface area contributed by atoms with Crippen LogP contribution < -0.4 is 10.6 Å². The minimum absolute atomic E-state index is 0.107. The van der Waals surface area contributed by atoms with Gasteiger partial charge in [-0.1, -0.05) is 42.5 Å². The SMILES string of the molecule is CC1=C(C(=O)OC(C)C)[C@H](c2cccc(NC(=O)CCc3ccccc3)c2)NC(=O)N1C. The lowest BCUT2D eigenvalue weighted by atomic mass is 9.94. The summed E-state index contributed by atoms with van der Waals surface area (Å²) in [6.45, 7) is 5.27. The Morgan fingerprint density at radius 3 is 2.53 bits per heavy atom. The molecule has 7 nitrogen and oxygen atoms in total. The summed E-state index contributed by atoms with van der Waals surface area (Å²) in [6, 6.07) is 16.0. The monoisotopic (exact) mass is 435 g/mol. The molecule has 168 valence electrons. The molecule has 0 unspecified atom stereocenters. The van der Waals surface area contributed by atoms with E-state index in [0.717, 1.165) is 5.56 Å². The number of carbonyl (C=O) groups is 3. The van der Waals surface area contributed by atoms with Crippen LogP contribution in [0, 0.1) is 0 Å². The van der Waals surface area contributed by atoms with Crippen LogP contribution in [0.3, 0.4) is 0 Å². The lowest BCUT2D eigenvalue weighted by Crippen LogP contribution is -2.46. The summed E-state index contributed by atoms with van der Waals surface area (Å²) in [4.78, 5) is 39.1. The standard InChI is InChI=1S/C25H29N3O4/c1-16(2)32-24(30)22-17(3)28(4)25(31)27-23(22)19-11-8-12-20(15-19)26-21(29)14-13-18-9-6-5-7-10-18/h5-12,15-16,23H,13-14H2,1-4H3,(H,26,29)(H,27,31)/t23-/m0/s1. The highest BCUT2D eigenvalue weighted by molar-refractivity contribution is 5.95. The van der Waals surface area contributed by atoms with Crippen molar-refractivity contribution in [3.63, 3.8) is 0 Å². The minimum Gasteiger partial charge on any atom is -0.459 e. The second-order valence-corrected chi connectivity index (χ2v) is 8.05. The molecule has 2 N–H and O–H groups in total. The quantitative estimate of drug-likeness (QED) is 0.639. The lowest BCUT2D eigenvalue weighted by Gasteiger charge is -2.33. The molecule has 1 aliphatic rings. The molecule has 2 aromatic rings. The van der Waals surface area contributed by atoms with Gasteiger partial charge >= 0.3 is 12.0 Å². The van der Waals surface area contributed by atoms with Gasteiger partial charge in [0, 0.05) is 24.9 Å². The zero-order valence-electron chi connectivity index (χ0n) is 18.8. The van der Waals surface area contributed by atoms with Crippen LogP contribution in [0.4, 0.5) is 10.5 Å². The van der Waals surface area contributed by atoms with Gasteiger partial charge in [-0.25, -0.2) is 9.59 Å². The van der Waals surface area contributed by atoms with E-state index in [0.29, 0.717) is 35.4 Å². The number of carbonyl (C=O) groups excluding carboxylic acids is 3. The number of benzene rings is 2. The van der Waals surface area contributed by atoms with Crippen molar-refractivity contribution < 1.29 is 19.1 Å². The number of ether oxygens (including phenoxy) is 1. The normalized spacial score (nSPS) is 16.1. The first-order chi connectivity index (χ1) is 15.3. The van der Waals surface area contributed by atoms with Gasteiger partial charge in [-0.3, -0.25) is 4.79 Å². The van der Waals surface area contributed by atoms with Crippen LogP contribution in [0.1, 0.15) is 44.4 Å². The Hall–Kier alpha value is -3.61. The Balaban J connectivity index is 1.79. The second kappa shape index (κ2) is 10.1. The highest BCUT2D eigenvalue weighted by atomic mass is 16.5. The van der Waals surface area contributed by atoms with E-state index in [4.69, 9.17) is 4.74 Å². The molecule has 0 radical (unpaired) electrons. The van der Waals surface area contributed by atoms with Crippen LogP contribution >= 0.6 is 0 Å². The van der Waals surface area contributed by atoms with Gasteiger partial charge in [0.15, 0.2) is 0 Å². The Bertz CT molecular complexity index is 1030. The summed E-state index contributed by atoms with van der Waals surface area (Å²) < 4.78 is 5.42. The number of hydrogen-bond acceptors (Lipinski definition) is 4.